The minimum atomic E-state index is 0.215. The summed E-state index contributed by atoms with van der Waals surface area (Å²) in [5.41, 5.74) is 2.94. The summed E-state index contributed by atoms with van der Waals surface area (Å²) in [7, 11) is 1.73. The fourth-order valence-corrected chi connectivity index (χ4v) is 4.44. The molecule has 4 aromatic rings. The molecular weight excluding hydrogens is 468 g/mol. The van der Waals surface area contributed by atoms with Crippen molar-refractivity contribution in [3.63, 3.8) is 0 Å². The lowest BCUT2D eigenvalue weighted by Crippen LogP contribution is -2.47. The Bertz CT molecular complexity index is 1310. The molecule has 35 heavy (non-hydrogen) atoms. The molecule has 11 heteroatoms. The summed E-state index contributed by atoms with van der Waals surface area (Å²) in [6.07, 6.45) is 0. The number of nitrogens with one attached hydrogen (secondary N) is 3. The fourth-order valence-electron chi connectivity index (χ4n) is 4.18. The van der Waals surface area contributed by atoms with Crippen molar-refractivity contribution in [2.75, 3.05) is 56.7 Å². The number of aromatic amines is 2. The molecular formula is C24H29ClN8O2. The first kappa shape index (κ1) is 23.4. The number of hydrogen-bond acceptors (Lipinski definition) is 8. The number of anilines is 3. The summed E-state index contributed by atoms with van der Waals surface area (Å²) in [4.78, 5) is 17.2. The van der Waals surface area contributed by atoms with Gasteiger partial charge in [-0.2, -0.15) is 15.1 Å². The van der Waals surface area contributed by atoms with Crippen LogP contribution in [0.3, 0.4) is 0 Å². The summed E-state index contributed by atoms with van der Waals surface area (Å²) in [6.45, 7) is 9.14. The van der Waals surface area contributed by atoms with Gasteiger partial charge < -0.3 is 24.7 Å². The van der Waals surface area contributed by atoms with Gasteiger partial charge in [-0.15, -0.1) is 0 Å². The molecule has 0 aliphatic carbocycles. The smallest absolute Gasteiger partial charge is 0.325 e. The number of aryl methyl sites for hydroxylation is 2. The predicted octanol–water partition coefficient (Wildman–Crippen LogP) is 4.26. The van der Waals surface area contributed by atoms with Crippen LogP contribution in [0.1, 0.15) is 11.4 Å². The van der Waals surface area contributed by atoms with Gasteiger partial charge in [0.1, 0.15) is 17.4 Å². The Kier molecular flexibility index (Phi) is 6.76. The molecule has 1 saturated heterocycles. The quantitative estimate of drug-likeness (QED) is 0.332. The van der Waals surface area contributed by atoms with Crippen LogP contribution in [0.5, 0.6) is 11.8 Å². The van der Waals surface area contributed by atoms with E-state index in [0.717, 1.165) is 67.4 Å². The molecule has 0 bridgehead atoms. The molecule has 5 rings (SSSR count). The highest BCUT2D eigenvalue weighted by atomic mass is 35.5. The zero-order valence-corrected chi connectivity index (χ0v) is 20.8. The first-order valence-electron chi connectivity index (χ1n) is 11.6. The Hall–Kier alpha value is -3.34. The standard InChI is InChI=1S/C24H29ClN8O2/c1-15-12-17-18(26-15)4-5-19(23(17)25)35-24-28-20(27-21-13-16(2)30-31-21)14-22(29-24)33-8-6-32(7-9-33)10-11-34-3/h4-5,12-14,26H,6-11H2,1-3H3,(H2,27,28,29,30,31). The molecule has 1 aliphatic heterocycles. The average molecular weight is 497 g/mol. The summed E-state index contributed by atoms with van der Waals surface area (Å²) in [6, 6.07) is 9.82. The molecule has 0 spiro atoms. The van der Waals surface area contributed by atoms with E-state index in [9.17, 15) is 0 Å². The lowest BCUT2D eigenvalue weighted by atomic mass is 10.2. The van der Waals surface area contributed by atoms with E-state index >= 15 is 0 Å². The van der Waals surface area contributed by atoms with E-state index < -0.39 is 0 Å². The lowest BCUT2D eigenvalue weighted by molar-refractivity contribution is 0.144. The molecule has 0 unspecified atom stereocenters. The molecule has 0 saturated carbocycles. The predicted molar refractivity (Wildman–Crippen MR) is 137 cm³/mol. The maximum Gasteiger partial charge on any atom is 0.325 e. The third-order valence-electron chi connectivity index (χ3n) is 6.00. The second-order valence-corrected chi connectivity index (χ2v) is 9.05. The number of hydrogen-bond donors (Lipinski definition) is 3. The minimum Gasteiger partial charge on any atom is -0.423 e. The number of H-pyrrole nitrogens is 2. The van der Waals surface area contributed by atoms with Crippen LogP contribution in [0.25, 0.3) is 10.9 Å². The van der Waals surface area contributed by atoms with Gasteiger partial charge in [0.05, 0.1) is 11.6 Å². The number of piperazine rings is 1. The first-order chi connectivity index (χ1) is 17.0. The average Bonchev–Trinajstić information content (AvgIpc) is 3.44. The Balaban J connectivity index is 1.42. The van der Waals surface area contributed by atoms with Crippen LogP contribution in [0.2, 0.25) is 5.02 Å². The van der Waals surface area contributed by atoms with Crippen LogP contribution in [-0.2, 0) is 4.74 Å². The van der Waals surface area contributed by atoms with Crippen LogP contribution in [-0.4, -0.2) is 76.5 Å². The molecule has 0 radical (unpaired) electrons. The Morgan fingerprint density at radius 1 is 1.03 bits per heavy atom. The van der Waals surface area contributed by atoms with Crippen molar-refractivity contribution >= 4 is 40.0 Å². The summed E-state index contributed by atoms with van der Waals surface area (Å²) in [5.74, 6) is 2.55. The monoisotopic (exact) mass is 496 g/mol. The summed E-state index contributed by atoms with van der Waals surface area (Å²) in [5, 5.41) is 11.9. The molecule has 184 valence electrons. The number of aromatic nitrogens is 5. The van der Waals surface area contributed by atoms with Gasteiger partial charge in [-0.1, -0.05) is 11.6 Å². The van der Waals surface area contributed by atoms with Gasteiger partial charge >= 0.3 is 6.01 Å². The van der Waals surface area contributed by atoms with E-state index in [4.69, 9.17) is 26.1 Å². The van der Waals surface area contributed by atoms with Gasteiger partial charge in [0.25, 0.3) is 0 Å². The molecule has 4 heterocycles. The van der Waals surface area contributed by atoms with Crippen molar-refractivity contribution in [1.29, 1.82) is 0 Å². The van der Waals surface area contributed by atoms with Gasteiger partial charge in [-0.05, 0) is 32.0 Å². The number of methoxy groups -OCH3 is 1. The van der Waals surface area contributed by atoms with Gasteiger partial charge in [0.15, 0.2) is 5.82 Å². The highest BCUT2D eigenvalue weighted by molar-refractivity contribution is 6.37. The second kappa shape index (κ2) is 10.1. The third kappa shape index (κ3) is 5.34. The van der Waals surface area contributed by atoms with E-state index in [1.807, 2.05) is 44.2 Å². The van der Waals surface area contributed by atoms with Crippen LogP contribution in [0.15, 0.2) is 30.3 Å². The number of fused-ring (bicyclic) bond motifs is 1. The van der Waals surface area contributed by atoms with Crippen molar-refractivity contribution < 1.29 is 9.47 Å². The SMILES string of the molecule is COCCN1CCN(c2cc(Nc3cc(C)[nH]n3)nc(Oc3ccc4[nH]c(C)cc4c3Cl)n2)CC1. The third-order valence-corrected chi connectivity index (χ3v) is 6.39. The molecule has 1 aliphatic rings. The number of ether oxygens (including phenoxy) is 2. The molecule has 1 aromatic carbocycles. The Morgan fingerprint density at radius 2 is 1.86 bits per heavy atom. The fraction of sp³-hybridized carbons (Fsp3) is 0.375. The normalized spacial score (nSPS) is 14.6. The van der Waals surface area contributed by atoms with Crippen molar-refractivity contribution in [1.82, 2.24) is 30.0 Å². The van der Waals surface area contributed by atoms with Gasteiger partial charge in [-0.3, -0.25) is 10.00 Å². The molecule has 3 aromatic heterocycles. The Labute approximate surface area is 208 Å². The zero-order valence-electron chi connectivity index (χ0n) is 20.1. The zero-order chi connectivity index (χ0) is 24.4. The molecule has 3 N–H and O–H groups in total. The molecule has 10 nitrogen and oxygen atoms in total. The van der Waals surface area contributed by atoms with E-state index in [-0.39, 0.29) is 6.01 Å². The van der Waals surface area contributed by atoms with E-state index in [1.54, 1.807) is 7.11 Å². The number of rotatable bonds is 8. The van der Waals surface area contributed by atoms with Crippen LogP contribution < -0.4 is 15.0 Å². The van der Waals surface area contributed by atoms with Gasteiger partial charge in [0.2, 0.25) is 0 Å². The number of benzene rings is 1. The van der Waals surface area contributed by atoms with E-state index in [0.29, 0.717) is 22.4 Å². The van der Waals surface area contributed by atoms with Crippen molar-refractivity contribution in [3.05, 3.63) is 46.7 Å². The second-order valence-electron chi connectivity index (χ2n) is 8.67. The molecule has 0 atom stereocenters. The number of halogens is 1. The van der Waals surface area contributed by atoms with Crippen molar-refractivity contribution in [2.24, 2.45) is 0 Å². The van der Waals surface area contributed by atoms with E-state index in [1.165, 1.54) is 0 Å². The summed E-state index contributed by atoms with van der Waals surface area (Å²) >= 11 is 6.67. The largest absolute Gasteiger partial charge is 0.423 e. The van der Waals surface area contributed by atoms with Crippen molar-refractivity contribution in [3.8, 4) is 11.8 Å². The topological polar surface area (TPSA) is 107 Å². The number of nitrogens with zero attached hydrogens (tertiary/aromatic N) is 5. The molecule has 0 amide bonds. The van der Waals surface area contributed by atoms with Gasteiger partial charge in [0, 0.05) is 74.3 Å². The van der Waals surface area contributed by atoms with Crippen LogP contribution in [0, 0.1) is 13.8 Å². The maximum atomic E-state index is 6.67. The summed E-state index contributed by atoms with van der Waals surface area (Å²) < 4.78 is 11.3. The van der Waals surface area contributed by atoms with Crippen molar-refractivity contribution in [2.45, 2.75) is 13.8 Å². The van der Waals surface area contributed by atoms with Crippen LogP contribution in [0.4, 0.5) is 17.5 Å². The van der Waals surface area contributed by atoms with E-state index in [2.05, 4.69) is 35.3 Å². The first-order valence-corrected chi connectivity index (χ1v) is 12.0. The highest BCUT2D eigenvalue weighted by Gasteiger charge is 2.20. The maximum absolute atomic E-state index is 6.67. The molecule has 1 fully saturated rings. The Morgan fingerprint density at radius 3 is 2.60 bits per heavy atom. The lowest BCUT2D eigenvalue weighted by Gasteiger charge is -2.35. The minimum absolute atomic E-state index is 0.215. The van der Waals surface area contributed by atoms with Crippen LogP contribution >= 0.6 is 11.6 Å². The highest BCUT2D eigenvalue weighted by Crippen LogP contribution is 2.36. The van der Waals surface area contributed by atoms with Gasteiger partial charge in [-0.25, -0.2) is 0 Å².